The van der Waals surface area contributed by atoms with Crippen LogP contribution in [-0.2, 0) is 13.5 Å². The fraction of sp³-hybridized carbons (Fsp3) is 0.231. The van der Waals surface area contributed by atoms with Crippen molar-refractivity contribution in [1.29, 1.82) is 0 Å². The van der Waals surface area contributed by atoms with Gasteiger partial charge in [-0.1, -0.05) is 31.2 Å². The Morgan fingerprint density at radius 2 is 2.00 bits per heavy atom. The van der Waals surface area contributed by atoms with Crippen LogP contribution in [0.1, 0.15) is 23.0 Å². The van der Waals surface area contributed by atoms with E-state index in [9.17, 15) is 4.79 Å². The Hall–Kier alpha value is -1.90. The smallest absolute Gasteiger partial charge is 0.168 e. The van der Waals surface area contributed by atoms with Gasteiger partial charge in [0.15, 0.2) is 6.29 Å². The van der Waals surface area contributed by atoms with Crippen molar-refractivity contribution in [2.24, 2.45) is 7.05 Å². The molecular formula is C13H14N2O. The highest BCUT2D eigenvalue weighted by atomic mass is 16.1. The summed E-state index contributed by atoms with van der Waals surface area (Å²) in [4.78, 5) is 15.2. The van der Waals surface area contributed by atoms with Crippen LogP contribution >= 0.6 is 0 Å². The topological polar surface area (TPSA) is 34.9 Å². The minimum absolute atomic E-state index is 0.615. The number of rotatable bonds is 3. The minimum atomic E-state index is 0.615. The van der Waals surface area contributed by atoms with Gasteiger partial charge >= 0.3 is 0 Å². The summed E-state index contributed by atoms with van der Waals surface area (Å²) in [6, 6.07) is 8.15. The normalized spacial score (nSPS) is 10.4. The van der Waals surface area contributed by atoms with Crippen LogP contribution in [0.3, 0.4) is 0 Å². The van der Waals surface area contributed by atoms with E-state index in [-0.39, 0.29) is 0 Å². The van der Waals surface area contributed by atoms with Crippen molar-refractivity contribution in [2.45, 2.75) is 13.3 Å². The maximum Gasteiger partial charge on any atom is 0.168 e. The molecule has 3 nitrogen and oxygen atoms in total. The van der Waals surface area contributed by atoms with Gasteiger partial charge in [0, 0.05) is 12.6 Å². The van der Waals surface area contributed by atoms with Gasteiger partial charge in [0.2, 0.25) is 0 Å². The van der Waals surface area contributed by atoms with Gasteiger partial charge < -0.3 is 4.57 Å². The molecule has 0 unspecified atom stereocenters. The molecule has 1 aromatic carbocycles. The predicted octanol–water partition coefficient (Wildman–Crippen LogP) is 2.46. The van der Waals surface area contributed by atoms with E-state index in [1.165, 1.54) is 5.56 Å². The highest BCUT2D eigenvalue weighted by molar-refractivity contribution is 5.83. The molecule has 0 atom stereocenters. The second-order valence-corrected chi connectivity index (χ2v) is 3.76. The number of aldehydes is 1. The molecule has 0 aliphatic rings. The van der Waals surface area contributed by atoms with Crippen LogP contribution in [0.5, 0.6) is 0 Å². The fourth-order valence-corrected chi connectivity index (χ4v) is 1.70. The molecule has 0 saturated heterocycles. The van der Waals surface area contributed by atoms with Gasteiger partial charge in [-0.2, -0.15) is 0 Å². The molecule has 1 heterocycles. The number of nitrogens with zero attached hydrogens (tertiary/aromatic N) is 2. The summed E-state index contributed by atoms with van der Waals surface area (Å²) in [6.45, 7) is 2.12. The SMILES string of the molecule is CCc1ccc(-c2ncn(C)c2C=O)cc1. The Morgan fingerprint density at radius 3 is 2.56 bits per heavy atom. The minimum Gasteiger partial charge on any atom is -0.331 e. The standard InChI is InChI=1S/C13H14N2O/c1-3-10-4-6-11(7-5-10)13-12(8-16)15(2)9-14-13/h4-9H,3H2,1-2H3. The molecule has 2 aromatic rings. The summed E-state index contributed by atoms with van der Waals surface area (Å²) < 4.78 is 1.73. The highest BCUT2D eigenvalue weighted by Gasteiger charge is 2.09. The molecule has 0 spiro atoms. The van der Waals surface area contributed by atoms with E-state index in [1.54, 1.807) is 10.9 Å². The summed E-state index contributed by atoms with van der Waals surface area (Å²) in [6.07, 6.45) is 3.52. The van der Waals surface area contributed by atoms with Crippen molar-refractivity contribution in [3.63, 3.8) is 0 Å². The number of imidazole rings is 1. The Bertz CT molecular complexity index is 497. The van der Waals surface area contributed by atoms with Crippen LogP contribution < -0.4 is 0 Å². The third kappa shape index (κ3) is 1.76. The summed E-state index contributed by atoms with van der Waals surface area (Å²) >= 11 is 0. The van der Waals surface area contributed by atoms with Crippen LogP contribution in [-0.4, -0.2) is 15.8 Å². The van der Waals surface area contributed by atoms with E-state index < -0.39 is 0 Å². The van der Waals surface area contributed by atoms with Gasteiger partial charge in [-0.3, -0.25) is 4.79 Å². The van der Waals surface area contributed by atoms with E-state index in [0.717, 1.165) is 24.0 Å². The van der Waals surface area contributed by atoms with Gasteiger partial charge in [0.1, 0.15) is 5.69 Å². The lowest BCUT2D eigenvalue weighted by atomic mass is 10.1. The second-order valence-electron chi connectivity index (χ2n) is 3.76. The zero-order valence-electron chi connectivity index (χ0n) is 9.47. The third-order valence-corrected chi connectivity index (χ3v) is 2.73. The maximum absolute atomic E-state index is 10.9. The number of aromatic nitrogens is 2. The van der Waals surface area contributed by atoms with Crippen molar-refractivity contribution in [3.05, 3.63) is 41.9 Å². The van der Waals surface area contributed by atoms with Gasteiger partial charge in [0.25, 0.3) is 0 Å². The lowest BCUT2D eigenvalue weighted by molar-refractivity contribution is 0.111. The Morgan fingerprint density at radius 1 is 1.31 bits per heavy atom. The van der Waals surface area contributed by atoms with Gasteiger partial charge in [-0.15, -0.1) is 0 Å². The largest absolute Gasteiger partial charge is 0.331 e. The molecule has 0 N–H and O–H groups in total. The number of benzene rings is 1. The molecule has 2 rings (SSSR count). The van der Waals surface area contributed by atoms with Crippen LogP contribution in [0.15, 0.2) is 30.6 Å². The average Bonchev–Trinajstić information content (AvgIpc) is 2.70. The number of aryl methyl sites for hydroxylation is 2. The summed E-state index contributed by atoms with van der Waals surface area (Å²) in [5.41, 5.74) is 3.64. The summed E-state index contributed by atoms with van der Waals surface area (Å²) in [5, 5.41) is 0. The van der Waals surface area contributed by atoms with E-state index >= 15 is 0 Å². The fourth-order valence-electron chi connectivity index (χ4n) is 1.70. The Balaban J connectivity index is 2.46. The van der Waals surface area contributed by atoms with Crippen molar-refractivity contribution in [3.8, 4) is 11.3 Å². The molecule has 1 aromatic heterocycles. The van der Waals surface area contributed by atoms with E-state index in [4.69, 9.17) is 0 Å². The van der Waals surface area contributed by atoms with E-state index in [2.05, 4.69) is 24.0 Å². The Kier molecular flexibility index (Phi) is 2.86. The summed E-state index contributed by atoms with van der Waals surface area (Å²) in [5.74, 6) is 0. The van der Waals surface area contributed by atoms with Crippen molar-refractivity contribution < 1.29 is 4.79 Å². The molecule has 0 bridgehead atoms. The Labute approximate surface area is 94.7 Å². The van der Waals surface area contributed by atoms with Crippen molar-refractivity contribution >= 4 is 6.29 Å². The monoisotopic (exact) mass is 214 g/mol. The summed E-state index contributed by atoms with van der Waals surface area (Å²) in [7, 11) is 1.82. The molecule has 0 fully saturated rings. The zero-order chi connectivity index (χ0) is 11.5. The molecule has 0 saturated carbocycles. The van der Waals surface area contributed by atoms with Crippen LogP contribution in [0.4, 0.5) is 0 Å². The van der Waals surface area contributed by atoms with E-state index in [1.807, 2.05) is 19.2 Å². The van der Waals surface area contributed by atoms with Crippen molar-refractivity contribution in [1.82, 2.24) is 9.55 Å². The maximum atomic E-state index is 10.9. The quantitative estimate of drug-likeness (QED) is 0.736. The number of carbonyl (C=O) groups is 1. The first-order chi connectivity index (χ1) is 7.76. The molecule has 16 heavy (non-hydrogen) atoms. The van der Waals surface area contributed by atoms with Gasteiger partial charge in [0.05, 0.1) is 12.0 Å². The molecule has 3 heteroatoms. The predicted molar refractivity (Wildman–Crippen MR) is 63.4 cm³/mol. The molecule has 0 aliphatic heterocycles. The number of hydrogen-bond acceptors (Lipinski definition) is 2. The number of hydrogen-bond donors (Lipinski definition) is 0. The number of carbonyl (C=O) groups excluding carboxylic acids is 1. The van der Waals surface area contributed by atoms with E-state index in [0.29, 0.717) is 5.69 Å². The van der Waals surface area contributed by atoms with Crippen LogP contribution in [0.25, 0.3) is 11.3 Å². The third-order valence-electron chi connectivity index (χ3n) is 2.73. The van der Waals surface area contributed by atoms with Gasteiger partial charge in [-0.05, 0) is 12.0 Å². The lowest BCUT2D eigenvalue weighted by Crippen LogP contribution is -1.94. The first-order valence-corrected chi connectivity index (χ1v) is 5.32. The first kappa shape index (κ1) is 10.6. The molecular weight excluding hydrogens is 200 g/mol. The lowest BCUT2D eigenvalue weighted by Gasteiger charge is -2.01. The van der Waals surface area contributed by atoms with Crippen LogP contribution in [0.2, 0.25) is 0 Å². The molecule has 0 radical (unpaired) electrons. The van der Waals surface area contributed by atoms with Crippen molar-refractivity contribution in [2.75, 3.05) is 0 Å². The second kappa shape index (κ2) is 4.31. The molecule has 0 aliphatic carbocycles. The van der Waals surface area contributed by atoms with Crippen LogP contribution in [0, 0.1) is 0 Å². The average molecular weight is 214 g/mol. The molecule has 82 valence electrons. The highest BCUT2D eigenvalue weighted by Crippen LogP contribution is 2.21. The first-order valence-electron chi connectivity index (χ1n) is 5.32. The van der Waals surface area contributed by atoms with Gasteiger partial charge in [-0.25, -0.2) is 4.98 Å². The zero-order valence-corrected chi connectivity index (χ0v) is 9.47. The molecule has 0 amide bonds.